The molecule has 0 radical (unpaired) electrons. The molecule has 0 saturated carbocycles. The van der Waals surface area contributed by atoms with Crippen molar-refractivity contribution in [3.63, 3.8) is 0 Å². The van der Waals surface area contributed by atoms with E-state index in [0.29, 0.717) is 13.0 Å². The van der Waals surface area contributed by atoms with Crippen LogP contribution in [0.15, 0.2) is 42.5 Å². The molecule has 2 aromatic carbocycles. The van der Waals surface area contributed by atoms with Gasteiger partial charge in [-0.1, -0.05) is 49.4 Å². The zero-order chi connectivity index (χ0) is 14.2. The first-order chi connectivity index (χ1) is 9.81. The fraction of sp³-hybridized carbons (Fsp3) is 0.353. The average Bonchev–Trinajstić information content (AvgIpc) is 2.50. The minimum absolute atomic E-state index is 0.126. The Morgan fingerprint density at radius 2 is 1.95 bits per heavy atom. The summed E-state index contributed by atoms with van der Waals surface area (Å²) in [6, 6.07) is 14.8. The van der Waals surface area contributed by atoms with Crippen molar-refractivity contribution >= 4 is 16.7 Å². The monoisotopic (exact) mass is 271 g/mol. The number of hydrogen-bond donors (Lipinski definition) is 1. The van der Waals surface area contributed by atoms with Crippen LogP contribution in [0.1, 0.15) is 25.3 Å². The predicted molar refractivity (Wildman–Crippen MR) is 81.5 cm³/mol. The molecule has 0 aliphatic heterocycles. The molecule has 2 aromatic rings. The van der Waals surface area contributed by atoms with E-state index in [1.54, 1.807) is 6.92 Å². The largest absolute Gasteiger partial charge is 0.466 e. The molecule has 0 aliphatic carbocycles. The molecule has 0 aromatic heterocycles. The molecule has 0 heterocycles. The van der Waals surface area contributed by atoms with Crippen LogP contribution in [-0.2, 0) is 16.1 Å². The van der Waals surface area contributed by atoms with Crippen LogP contribution in [0.25, 0.3) is 10.8 Å². The van der Waals surface area contributed by atoms with Gasteiger partial charge in [0.25, 0.3) is 0 Å². The lowest BCUT2D eigenvalue weighted by Gasteiger charge is -2.08. The Morgan fingerprint density at radius 1 is 1.15 bits per heavy atom. The van der Waals surface area contributed by atoms with Crippen molar-refractivity contribution in [2.24, 2.45) is 0 Å². The molecule has 0 saturated heterocycles. The second kappa shape index (κ2) is 7.65. The Morgan fingerprint density at radius 3 is 2.80 bits per heavy atom. The summed E-state index contributed by atoms with van der Waals surface area (Å²) in [5, 5.41) is 5.95. The lowest BCUT2D eigenvalue weighted by atomic mass is 10.0. The van der Waals surface area contributed by atoms with Crippen molar-refractivity contribution in [2.75, 3.05) is 13.2 Å². The molecule has 20 heavy (non-hydrogen) atoms. The van der Waals surface area contributed by atoms with Gasteiger partial charge in [0, 0.05) is 13.0 Å². The van der Waals surface area contributed by atoms with Crippen LogP contribution in [0, 0.1) is 0 Å². The van der Waals surface area contributed by atoms with Gasteiger partial charge in [-0.15, -0.1) is 0 Å². The van der Waals surface area contributed by atoms with E-state index in [1.807, 2.05) is 0 Å². The Bertz CT molecular complexity index is 560. The van der Waals surface area contributed by atoms with E-state index in [9.17, 15) is 4.79 Å². The van der Waals surface area contributed by atoms with E-state index >= 15 is 0 Å². The molecule has 0 aliphatic rings. The highest BCUT2D eigenvalue weighted by atomic mass is 16.5. The van der Waals surface area contributed by atoms with Gasteiger partial charge in [0.15, 0.2) is 0 Å². The van der Waals surface area contributed by atoms with E-state index in [2.05, 4.69) is 47.8 Å². The van der Waals surface area contributed by atoms with Crippen LogP contribution in [0.4, 0.5) is 0 Å². The lowest BCUT2D eigenvalue weighted by molar-refractivity contribution is -0.143. The standard InChI is InChI=1S/C17H21NO2/c1-2-17(19)20-12-6-11-18-13-15-9-5-8-14-7-3-4-10-16(14)15/h3-5,7-10,18H,2,6,11-13H2,1H3. The Labute approximate surface area is 119 Å². The summed E-state index contributed by atoms with van der Waals surface area (Å²) in [4.78, 5) is 11.0. The summed E-state index contributed by atoms with van der Waals surface area (Å²) in [5.41, 5.74) is 1.30. The third-order valence-corrected chi connectivity index (χ3v) is 3.25. The smallest absolute Gasteiger partial charge is 0.305 e. The first-order valence-electron chi connectivity index (χ1n) is 7.14. The maximum absolute atomic E-state index is 11.0. The topological polar surface area (TPSA) is 38.3 Å². The molecule has 0 atom stereocenters. The average molecular weight is 271 g/mol. The number of ether oxygens (including phenoxy) is 1. The van der Waals surface area contributed by atoms with Crippen molar-refractivity contribution in [1.82, 2.24) is 5.32 Å². The Kier molecular flexibility index (Phi) is 5.56. The quantitative estimate of drug-likeness (QED) is 0.620. The summed E-state index contributed by atoms with van der Waals surface area (Å²) in [5.74, 6) is -0.126. The van der Waals surface area contributed by atoms with Crippen LogP contribution in [-0.4, -0.2) is 19.1 Å². The molecule has 3 heteroatoms. The van der Waals surface area contributed by atoms with Gasteiger partial charge < -0.3 is 10.1 Å². The molecule has 0 spiro atoms. The highest BCUT2D eigenvalue weighted by Crippen LogP contribution is 2.18. The zero-order valence-corrected chi connectivity index (χ0v) is 11.9. The van der Waals surface area contributed by atoms with E-state index in [-0.39, 0.29) is 5.97 Å². The van der Waals surface area contributed by atoms with Gasteiger partial charge in [-0.05, 0) is 29.3 Å². The van der Waals surface area contributed by atoms with Gasteiger partial charge in [0.05, 0.1) is 6.61 Å². The van der Waals surface area contributed by atoms with E-state index < -0.39 is 0 Å². The van der Waals surface area contributed by atoms with Crippen LogP contribution in [0.5, 0.6) is 0 Å². The number of nitrogens with one attached hydrogen (secondary N) is 1. The Hall–Kier alpha value is -1.87. The first kappa shape index (κ1) is 14.5. The van der Waals surface area contributed by atoms with E-state index in [0.717, 1.165) is 19.5 Å². The van der Waals surface area contributed by atoms with Gasteiger partial charge in [0.2, 0.25) is 0 Å². The minimum atomic E-state index is -0.126. The van der Waals surface area contributed by atoms with E-state index in [4.69, 9.17) is 4.74 Å². The molecule has 1 N–H and O–H groups in total. The molecule has 0 amide bonds. The second-order valence-electron chi connectivity index (χ2n) is 4.74. The van der Waals surface area contributed by atoms with Crippen LogP contribution >= 0.6 is 0 Å². The SMILES string of the molecule is CCC(=O)OCCCNCc1cccc2ccccc12. The first-order valence-corrected chi connectivity index (χ1v) is 7.14. The molecule has 0 fully saturated rings. The normalized spacial score (nSPS) is 10.7. The van der Waals surface area contributed by atoms with Crippen molar-refractivity contribution in [3.8, 4) is 0 Å². The molecular formula is C17H21NO2. The number of rotatable bonds is 7. The van der Waals surface area contributed by atoms with Gasteiger partial charge in [0.1, 0.15) is 0 Å². The molecule has 106 valence electrons. The number of carbonyl (C=O) groups excluding carboxylic acids is 1. The summed E-state index contributed by atoms with van der Waals surface area (Å²) in [7, 11) is 0. The molecule has 0 bridgehead atoms. The summed E-state index contributed by atoms with van der Waals surface area (Å²) >= 11 is 0. The minimum Gasteiger partial charge on any atom is -0.466 e. The number of fused-ring (bicyclic) bond motifs is 1. The molecular weight excluding hydrogens is 250 g/mol. The lowest BCUT2D eigenvalue weighted by Crippen LogP contribution is -2.17. The van der Waals surface area contributed by atoms with Gasteiger partial charge in [-0.25, -0.2) is 0 Å². The highest BCUT2D eigenvalue weighted by Gasteiger charge is 2.00. The second-order valence-corrected chi connectivity index (χ2v) is 4.74. The highest BCUT2D eigenvalue weighted by molar-refractivity contribution is 5.85. The van der Waals surface area contributed by atoms with Crippen molar-refractivity contribution in [3.05, 3.63) is 48.0 Å². The third kappa shape index (κ3) is 4.07. The fourth-order valence-electron chi connectivity index (χ4n) is 2.15. The third-order valence-electron chi connectivity index (χ3n) is 3.25. The maximum Gasteiger partial charge on any atom is 0.305 e. The summed E-state index contributed by atoms with van der Waals surface area (Å²) < 4.78 is 5.03. The van der Waals surface area contributed by atoms with Crippen molar-refractivity contribution in [2.45, 2.75) is 26.3 Å². The zero-order valence-electron chi connectivity index (χ0n) is 11.9. The molecule has 3 nitrogen and oxygen atoms in total. The number of hydrogen-bond acceptors (Lipinski definition) is 3. The van der Waals surface area contributed by atoms with Crippen molar-refractivity contribution < 1.29 is 9.53 Å². The predicted octanol–water partition coefficient (Wildman–Crippen LogP) is 3.27. The molecule has 0 unspecified atom stereocenters. The molecule has 2 rings (SSSR count). The maximum atomic E-state index is 11.0. The van der Waals surface area contributed by atoms with Crippen LogP contribution in [0.2, 0.25) is 0 Å². The van der Waals surface area contributed by atoms with Crippen LogP contribution in [0.3, 0.4) is 0 Å². The van der Waals surface area contributed by atoms with Crippen LogP contribution < -0.4 is 5.32 Å². The number of benzene rings is 2. The number of esters is 1. The number of carbonyl (C=O) groups is 1. The van der Waals surface area contributed by atoms with Gasteiger partial charge in [-0.3, -0.25) is 4.79 Å². The summed E-state index contributed by atoms with van der Waals surface area (Å²) in [6.45, 7) is 3.99. The summed E-state index contributed by atoms with van der Waals surface area (Å²) in [6.07, 6.45) is 1.29. The van der Waals surface area contributed by atoms with Gasteiger partial charge >= 0.3 is 5.97 Å². The fourth-order valence-corrected chi connectivity index (χ4v) is 2.15. The van der Waals surface area contributed by atoms with E-state index in [1.165, 1.54) is 16.3 Å². The van der Waals surface area contributed by atoms with Gasteiger partial charge in [-0.2, -0.15) is 0 Å². The van der Waals surface area contributed by atoms with Crippen molar-refractivity contribution in [1.29, 1.82) is 0 Å². The Balaban J connectivity index is 1.77.